The Labute approximate surface area is 143 Å². The van der Waals surface area contributed by atoms with Crippen LogP contribution in [0, 0.1) is 5.41 Å². The van der Waals surface area contributed by atoms with Crippen molar-refractivity contribution in [3.8, 4) is 0 Å². The lowest BCUT2D eigenvalue weighted by Gasteiger charge is -2.33. The molecule has 0 aromatic rings. The third kappa shape index (κ3) is 6.57. The minimum absolute atomic E-state index is 0. The van der Waals surface area contributed by atoms with Crippen molar-refractivity contribution in [1.29, 1.82) is 0 Å². The Hall–Kier alpha value is -0.0900. The van der Waals surface area contributed by atoms with E-state index in [1.807, 2.05) is 0 Å². The van der Waals surface area contributed by atoms with Gasteiger partial charge in [-0.15, -0.1) is 0 Å². The molecule has 0 aromatic heterocycles. The smallest absolute Gasteiger partial charge is 0.0973 e. The van der Waals surface area contributed by atoms with Crippen LogP contribution < -0.4 is 24.0 Å². The highest BCUT2D eigenvalue weighted by molar-refractivity contribution is 5.35. The first-order valence-electron chi connectivity index (χ1n) is 7.47. The lowest BCUT2D eigenvalue weighted by molar-refractivity contribution is -0.864. The van der Waals surface area contributed by atoms with Crippen LogP contribution in [0.2, 0.25) is 0 Å². The van der Waals surface area contributed by atoms with Crippen LogP contribution in [0.5, 0.6) is 0 Å². The van der Waals surface area contributed by atoms with Gasteiger partial charge in [0, 0.05) is 0 Å². The molecule has 20 heavy (non-hydrogen) atoms. The van der Waals surface area contributed by atoms with Crippen LogP contribution in [0.15, 0.2) is 34.9 Å². The second-order valence-corrected chi connectivity index (χ2v) is 7.69. The second-order valence-electron chi connectivity index (χ2n) is 7.69. The summed E-state index contributed by atoms with van der Waals surface area (Å²) in [6, 6.07) is 0. The quantitative estimate of drug-likeness (QED) is 0.390. The summed E-state index contributed by atoms with van der Waals surface area (Å²) < 4.78 is 0.985. The molecule has 0 radical (unpaired) electrons. The molecule has 0 aliphatic heterocycles. The molecule has 0 bridgehead atoms. The monoisotopic (exact) mass is 389 g/mol. The summed E-state index contributed by atoms with van der Waals surface area (Å²) in [5.74, 6) is 0. The Bertz CT molecular complexity index is 406. The summed E-state index contributed by atoms with van der Waals surface area (Å²) in [4.78, 5) is 0. The molecule has 1 aliphatic rings. The van der Waals surface area contributed by atoms with Gasteiger partial charge in [0.25, 0.3) is 0 Å². The second kappa shape index (κ2) is 7.79. The zero-order chi connectivity index (χ0) is 14.7. The highest BCUT2D eigenvalue weighted by Gasteiger charge is 2.26. The topological polar surface area (TPSA) is 0 Å². The Balaban J connectivity index is 0.00000361. The van der Waals surface area contributed by atoms with E-state index in [4.69, 9.17) is 0 Å². The van der Waals surface area contributed by atoms with Crippen LogP contribution in [0.4, 0.5) is 0 Å². The molecule has 0 heterocycles. The molecule has 116 valence electrons. The standard InChI is InChI=1S/C18H32N.HI/c1-15(12-14-19(5,6)7)10-11-17-16(2)9-8-13-18(17,3)4;/h10-12H,8-9,13-14H2,1-7H3;1H/q+1;/p-1. The first-order chi connectivity index (χ1) is 8.62. The average Bonchev–Trinajstić information content (AvgIpc) is 2.23. The number of likely N-dealkylation sites (N-methyl/N-ethyl adjacent to an activating group) is 1. The van der Waals surface area contributed by atoms with Gasteiger partial charge in [0.2, 0.25) is 0 Å². The van der Waals surface area contributed by atoms with Crippen molar-refractivity contribution in [1.82, 2.24) is 0 Å². The number of nitrogens with zero attached hydrogens (tertiary/aromatic N) is 1. The van der Waals surface area contributed by atoms with Gasteiger partial charge in [-0.1, -0.05) is 31.6 Å². The van der Waals surface area contributed by atoms with E-state index in [1.165, 1.54) is 24.8 Å². The molecule has 2 heteroatoms. The molecular formula is C18H32IN. The fourth-order valence-corrected chi connectivity index (χ4v) is 2.71. The lowest BCUT2D eigenvalue weighted by atomic mass is 9.72. The predicted octanol–water partition coefficient (Wildman–Crippen LogP) is 1.73. The van der Waals surface area contributed by atoms with Gasteiger partial charge in [0.1, 0.15) is 0 Å². The minimum atomic E-state index is 0. The fourth-order valence-electron chi connectivity index (χ4n) is 2.71. The van der Waals surface area contributed by atoms with Gasteiger partial charge in [-0.3, -0.25) is 0 Å². The molecule has 0 aromatic carbocycles. The van der Waals surface area contributed by atoms with E-state index < -0.39 is 0 Å². The first kappa shape index (κ1) is 19.9. The lowest BCUT2D eigenvalue weighted by Crippen LogP contribution is -3.00. The molecule has 0 N–H and O–H groups in total. The van der Waals surface area contributed by atoms with E-state index in [2.05, 4.69) is 67.1 Å². The normalized spacial score (nSPS) is 20.2. The summed E-state index contributed by atoms with van der Waals surface area (Å²) in [5.41, 5.74) is 4.84. The van der Waals surface area contributed by atoms with Crippen LogP contribution in [0.1, 0.15) is 47.0 Å². The van der Waals surface area contributed by atoms with Crippen LogP contribution in [-0.2, 0) is 0 Å². The molecule has 0 spiro atoms. The molecule has 1 rings (SSSR count). The molecule has 0 fully saturated rings. The van der Waals surface area contributed by atoms with Crippen molar-refractivity contribution >= 4 is 0 Å². The molecule has 0 saturated heterocycles. The molecule has 0 atom stereocenters. The number of hydrogen-bond donors (Lipinski definition) is 0. The SMILES string of the molecule is CC(C=CC1=C(C)CCCC1(C)C)=CC[N+](C)(C)C.[I-]. The van der Waals surface area contributed by atoms with E-state index >= 15 is 0 Å². The molecule has 0 saturated carbocycles. The van der Waals surface area contributed by atoms with Crippen molar-refractivity contribution in [2.45, 2.75) is 47.0 Å². The van der Waals surface area contributed by atoms with Crippen molar-refractivity contribution in [2.75, 3.05) is 27.7 Å². The van der Waals surface area contributed by atoms with E-state index in [0.717, 1.165) is 11.0 Å². The number of quaternary nitrogens is 1. The maximum Gasteiger partial charge on any atom is 0.0973 e. The van der Waals surface area contributed by atoms with Crippen molar-refractivity contribution in [3.63, 3.8) is 0 Å². The van der Waals surface area contributed by atoms with Crippen LogP contribution in [0.3, 0.4) is 0 Å². The van der Waals surface area contributed by atoms with E-state index in [-0.39, 0.29) is 24.0 Å². The summed E-state index contributed by atoms with van der Waals surface area (Å²) >= 11 is 0. The Morgan fingerprint density at radius 2 is 1.85 bits per heavy atom. The molecule has 1 aliphatic carbocycles. The highest BCUT2D eigenvalue weighted by Crippen LogP contribution is 2.40. The zero-order valence-corrected chi connectivity index (χ0v) is 16.5. The third-order valence-electron chi connectivity index (χ3n) is 4.02. The Morgan fingerprint density at radius 3 is 2.35 bits per heavy atom. The summed E-state index contributed by atoms with van der Waals surface area (Å²) in [6.07, 6.45) is 10.9. The number of halogens is 1. The number of allylic oxidation sites excluding steroid dienone is 5. The summed E-state index contributed by atoms with van der Waals surface area (Å²) in [5, 5.41) is 0. The van der Waals surface area contributed by atoms with Gasteiger partial charge >= 0.3 is 0 Å². The molecule has 0 unspecified atom stereocenters. The average molecular weight is 389 g/mol. The van der Waals surface area contributed by atoms with Gasteiger partial charge in [0.05, 0.1) is 27.7 Å². The van der Waals surface area contributed by atoms with Crippen molar-refractivity contribution < 1.29 is 28.5 Å². The van der Waals surface area contributed by atoms with Gasteiger partial charge in [0.15, 0.2) is 0 Å². The fraction of sp³-hybridized carbons (Fsp3) is 0.667. The maximum atomic E-state index is 2.38. The molecule has 0 amide bonds. The summed E-state index contributed by atoms with van der Waals surface area (Å²) in [7, 11) is 6.68. The van der Waals surface area contributed by atoms with Gasteiger partial charge in [-0.05, 0) is 55.7 Å². The first-order valence-corrected chi connectivity index (χ1v) is 7.47. The number of hydrogen-bond acceptors (Lipinski definition) is 0. The minimum Gasteiger partial charge on any atom is -1.00 e. The van der Waals surface area contributed by atoms with Crippen molar-refractivity contribution in [3.05, 3.63) is 34.9 Å². The largest absolute Gasteiger partial charge is 1.00 e. The molecular weight excluding hydrogens is 357 g/mol. The van der Waals surface area contributed by atoms with E-state index in [0.29, 0.717) is 5.41 Å². The third-order valence-corrected chi connectivity index (χ3v) is 4.02. The highest BCUT2D eigenvalue weighted by atomic mass is 127. The predicted molar refractivity (Wildman–Crippen MR) is 86.1 cm³/mol. The van der Waals surface area contributed by atoms with Gasteiger partial charge < -0.3 is 28.5 Å². The van der Waals surface area contributed by atoms with E-state index in [1.54, 1.807) is 11.1 Å². The van der Waals surface area contributed by atoms with Crippen molar-refractivity contribution in [2.24, 2.45) is 5.41 Å². The summed E-state index contributed by atoms with van der Waals surface area (Å²) in [6.45, 7) is 10.3. The number of rotatable bonds is 4. The Morgan fingerprint density at radius 1 is 1.25 bits per heavy atom. The Kier molecular flexibility index (Phi) is 7.75. The zero-order valence-electron chi connectivity index (χ0n) is 14.4. The van der Waals surface area contributed by atoms with Crippen LogP contribution >= 0.6 is 0 Å². The van der Waals surface area contributed by atoms with E-state index in [9.17, 15) is 0 Å². The maximum absolute atomic E-state index is 2.38. The molecule has 1 nitrogen and oxygen atoms in total. The van der Waals surface area contributed by atoms with Gasteiger partial charge in [-0.2, -0.15) is 0 Å². The van der Waals surface area contributed by atoms with Crippen LogP contribution in [0.25, 0.3) is 0 Å². The van der Waals surface area contributed by atoms with Crippen LogP contribution in [-0.4, -0.2) is 32.2 Å². The van der Waals surface area contributed by atoms with Gasteiger partial charge in [-0.25, -0.2) is 0 Å².